The van der Waals surface area contributed by atoms with Crippen LogP contribution in [0, 0.1) is 0 Å². The minimum atomic E-state index is -0.795. The number of carbonyl (C=O) groups is 1. The van der Waals surface area contributed by atoms with Gasteiger partial charge in [-0.25, -0.2) is 4.79 Å². The van der Waals surface area contributed by atoms with Crippen molar-refractivity contribution in [3.63, 3.8) is 0 Å². The molecule has 2 aromatic rings. The predicted octanol–water partition coefficient (Wildman–Crippen LogP) is 3.44. The number of nitrogens with zero attached hydrogens (tertiary/aromatic N) is 1. The van der Waals surface area contributed by atoms with Crippen LogP contribution < -0.4 is 5.73 Å². The van der Waals surface area contributed by atoms with Gasteiger partial charge in [-0.1, -0.05) is 11.6 Å². The molecule has 0 radical (unpaired) electrons. The minimum Gasteiger partial charge on any atom is -0.465 e. The van der Waals surface area contributed by atoms with E-state index in [-0.39, 0.29) is 6.04 Å². The lowest BCUT2D eigenvalue weighted by molar-refractivity contribution is -0.144. The van der Waals surface area contributed by atoms with Crippen molar-refractivity contribution in [3.05, 3.63) is 35.0 Å². The van der Waals surface area contributed by atoms with E-state index in [1.54, 1.807) is 6.92 Å². The van der Waals surface area contributed by atoms with Gasteiger partial charge >= 0.3 is 5.97 Å². The third-order valence-electron chi connectivity index (χ3n) is 3.26. The summed E-state index contributed by atoms with van der Waals surface area (Å²) in [7, 11) is 0. The molecule has 1 heterocycles. The topological polar surface area (TPSA) is 57.2 Å². The van der Waals surface area contributed by atoms with Crippen molar-refractivity contribution in [2.45, 2.75) is 32.9 Å². The summed E-state index contributed by atoms with van der Waals surface area (Å²) in [5.74, 6) is -0.421. The average molecular weight is 295 g/mol. The van der Waals surface area contributed by atoms with Crippen LogP contribution in [0.1, 0.15) is 38.4 Å². The lowest BCUT2D eigenvalue weighted by atomic mass is 10.1. The molecule has 0 spiro atoms. The van der Waals surface area contributed by atoms with Crippen LogP contribution in [-0.2, 0) is 9.53 Å². The molecule has 5 heteroatoms. The van der Waals surface area contributed by atoms with E-state index < -0.39 is 12.0 Å². The van der Waals surface area contributed by atoms with Crippen LogP contribution >= 0.6 is 11.6 Å². The molecule has 0 bridgehead atoms. The molecule has 1 atom stereocenters. The van der Waals surface area contributed by atoms with Gasteiger partial charge < -0.3 is 15.0 Å². The Hall–Kier alpha value is -1.52. The molecule has 108 valence electrons. The van der Waals surface area contributed by atoms with Crippen LogP contribution in [0.2, 0.25) is 5.02 Å². The Morgan fingerprint density at radius 3 is 2.75 bits per heavy atom. The van der Waals surface area contributed by atoms with E-state index in [4.69, 9.17) is 22.1 Å². The first-order valence-corrected chi connectivity index (χ1v) is 7.05. The van der Waals surface area contributed by atoms with Gasteiger partial charge in [-0.05, 0) is 39.0 Å². The summed E-state index contributed by atoms with van der Waals surface area (Å²) in [6, 6.07) is 5.09. The standard InChI is InChI=1S/C15H19ClN2O2/c1-4-20-15(19)14(17)12-8-18(9(2)3)13-6-5-10(16)7-11(12)13/h5-9,14H,4,17H2,1-3H3. The second kappa shape index (κ2) is 5.85. The van der Waals surface area contributed by atoms with Crippen molar-refractivity contribution >= 4 is 28.5 Å². The number of ether oxygens (including phenoxy) is 1. The van der Waals surface area contributed by atoms with Gasteiger partial charge in [-0.15, -0.1) is 0 Å². The third-order valence-corrected chi connectivity index (χ3v) is 3.49. The normalized spacial score (nSPS) is 12.9. The van der Waals surface area contributed by atoms with Crippen LogP contribution in [-0.4, -0.2) is 17.1 Å². The lowest BCUT2D eigenvalue weighted by Crippen LogP contribution is -2.23. The van der Waals surface area contributed by atoms with Crippen LogP contribution in [0.5, 0.6) is 0 Å². The summed E-state index contributed by atoms with van der Waals surface area (Å²) in [6.07, 6.45) is 1.91. The molecule has 1 aromatic heterocycles. The molecule has 1 unspecified atom stereocenters. The minimum absolute atomic E-state index is 0.266. The summed E-state index contributed by atoms with van der Waals surface area (Å²) in [4.78, 5) is 11.9. The molecule has 20 heavy (non-hydrogen) atoms. The number of halogens is 1. The number of benzene rings is 1. The summed E-state index contributed by atoms with van der Waals surface area (Å²) in [6.45, 7) is 6.23. The van der Waals surface area contributed by atoms with E-state index in [9.17, 15) is 4.79 Å². The number of rotatable bonds is 4. The van der Waals surface area contributed by atoms with Crippen molar-refractivity contribution in [2.24, 2.45) is 5.73 Å². The Morgan fingerprint density at radius 2 is 2.15 bits per heavy atom. The van der Waals surface area contributed by atoms with Gasteiger partial charge in [0.25, 0.3) is 0 Å². The first-order chi connectivity index (χ1) is 9.45. The smallest absolute Gasteiger partial charge is 0.327 e. The Morgan fingerprint density at radius 1 is 1.45 bits per heavy atom. The maximum absolute atomic E-state index is 11.9. The first kappa shape index (κ1) is 14.9. The quantitative estimate of drug-likeness (QED) is 0.879. The van der Waals surface area contributed by atoms with Crippen molar-refractivity contribution < 1.29 is 9.53 Å². The van der Waals surface area contributed by atoms with Crippen molar-refractivity contribution in [2.75, 3.05) is 6.61 Å². The Labute approximate surface area is 123 Å². The van der Waals surface area contributed by atoms with Gasteiger partial charge in [-0.2, -0.15) is 0 Å². The highest BCUT2D eigenvalue weighted by atomic mass is 35.5. The Bertz CT molecular complexity index is 634. The SMILES string of the molecule is CCOC(=O)C(N)c1cn(C(C)C)c2ccc(Cl)cc12. The molecule has 0 aliphatic carbocycles. The highest BCUT2D eigenvalue weighted by molar-refractivity contribution is 6.31. The van der Waals surface area contributed by atoms with Crippen molar-refractivity contribution in [1.82, 2.24) is 4.57 Å². The summed E-state index contributed by atoms with van der Waals surface area (Å²) in [5.41, 5.74) is 7.78. The largest absolute Gasteiger partial charge is 0.465 e. The Balaban J connectivity index is 2.57. The molecule has 0 saturated carbocycles. The second-order valence-corrected chi connectivity index (χ2v) is 5.41. The number of hydrogen-bond acceptors (Lipinski definition) is 3. The monoisotopic (exact) mass is 294 g/mol. The lowest BCUT2D eigenvalue weighted by Gasteiger charge is -2.10. The first-order valence-electron chi connectivity index (χ1n) is 6.68. The van der Waals surface area contributed by atoms with Gasteiger partial charge in [0.2, 0.25) is 0 Å². The number of carbonyl (C=O) groups excluding carboxylic acids is 1. The fourth-order valence-corrected chi connectivity index (χ4v) is 2.46. The maximum Gasteiger partial charge on any atom is 0.327 e. The zero-order valence-electron chi connectivity index (χ0n) is 11.9. The van der Waals surface area contributed by atoms with Crippen LogP contribution in [0.15, 0.2) is 24.4 Å². The maximum atomic E-state index is 11.9. The molecule has 0 amide bonds. The van der Waals surface area contributed by atoms with Gasteiger partial charge in [-0.3, -0.25) is 0 Å². The summed E-state index contributed by atoms with van der Waals surface area (Å²) >= 11 is 6.06. The molecule has 4 nitrogen and oxygen atoms in total. The highest BCUT2D eigenvalue weighted by Gasteiger charge is 2.22. The number of esters is 1. The van der Waals surface area contributed by atoms with E-state index >= 15 is 0 Å². The fourth-order valence-electron chi connectivity index (χ4n) is 2.29. The van der Waals surface area contributed by atoms with E-state index in [1.807, 2.05) is 24.4 Å². The third kappa shape index (κ3) is 2.67. The molecule has 0 fully saturated rings. The van der Waals surface area contributed by atoms with Gasteiger partial charge in [0.05, 0.1) is 6.61 Å². The molecule has 0 saturated heterocycles. The molecule has 0 aliphatic rings. The number of hydrogen-bond donors (Lipinski definition) is 1. The van der Waals surface area contributed by atoms with Gasteiger partial charge in [0, 0.05) is 33.7 Å². The number of nitrogens with two attached hydrogens (primary N) is 1. The van der Waals surface area contributed by atoms with E-state index in [0.29, 0.717) is 11.6 Å². The summed E-state index contributed by atoms with van der Waals surface area (Å²) < 4.78 is 7.08. The molecular weight excluding hydrogens is 276 g/mol. The van der Waals surface area contributed by atoms with Crippen molar-refractivity contribution in [1.29, 1.82) is 0 Å². The Kier molecular flexibility index (Phi) is 4.35. The molecule has 0 aliphatic heterocycles. The average Bonchev–Trinajstić information content (AvgIpc) is 2.76. The van der Waals surface area contributed by atoms with Crippen molar-refractivity contribution in [3.8, 4) is 0 Å². The van der Waals surface area contributed by atoms with E-state index in [0.717, 1.165) is 16.5 Å². The molecular formula is C15H19ClN2O2. The van der Waals surface area contributed by atoms with Gasteiger partial charge in [0.1, 0.15) is 6.04 Å². The fraction of sp³-hybridized carbons (Fsp3) is 0.400. The predicted molar refractivity (Wildman–Crippen MR) is 80.9 cm³/mol. The molecule has 2 N–H and O–H groups in total. The van der Waals surface area contributed by atoms with E-state index in [2.05, 4.69) is 18.4 Å². The highest BCUT2D eigenvalue weighted by Crippen LogP contribution is 2.30. The van der Waals surface area contributed by atoms with Crippen LogP contribution in [0.25, 0.3) is 10.9 Å². The second-order valence-electron chi connectivity index (χ2n) is 4.98. The van der Waals surface area contributed by atoms with E-state index in [1.165, 1.54) is 0 Å². The molecule has 1 aromatic carbocycles. The zero-order valence-corrected chi connectivity index (χ0v) is 12.6. The number of aromatic nitrogens is 1. The molecule has 2 rings (SSSR count). The number of fused-ring (bicyclic) bond motifs is 1. The zero-order chi connectivity index (χ0) is 14.9. The van der Waals surface area contributed by atoms with Gasteiger partial charge in [0.15, 0.2) is 0 Å². The van der Waals surface area contributed by atoms with Crippen LogP contribution in [0.3, 0.4) is 0 Å². The van der Waals surface area contributed by atoms with Crippen LogP contribution in [0.4, 0.5) is 0 Å². The summed E-state index contributed by atoms with van der Waals surface area (Å²) in [5, 5.41) is 1.52.